The molecule has 0 fully saturated rings. The van der Waals surface area contributed by atoms with Gasteiger partial charge in [-0.3, -0.25) is 4.79 Å². The molecule has 1 aliphatic carbocycles. The minimum Gasteiger partial charge on any atom is -0.299 e. The highest BCUT2D eigenvalue weighted by atomic mass is 19.1. The van der Waals surface area contributed by atoms with E-state index in [2.05, 4.69) is 12.1 Å². The van der Waals surface area contributed by atoms with Gasteiger partial charge in [0.25, 0.3) is 0 Å². The molecule has 20 heavy (non-hydrogen) atoms. The van der Waals surface area contributed by atoms with Crippen LogP contribution >= 0.6 is 0 Å². The quantitative estimate of drug-likeness (QED) is 0.827. The summed E-state index contributed by atoms with van der Waals surface area (Å²) in [5.74, 6) is -0.152. The van der Waals surface area contributed by atoms with Crippen molar-refractivity contribution in [3.05, 3.63) is 70.5 Å². The lowest BCUT2D eigenvalue weighted by molar-refractivity contribution is -0.117. The molecule has 102 valence electrons. The largest absolute Gasteiger partial charge is 0.299 e. The standard InChI is InChI=1S/C18H17FO/c19-17-6-1-3-13(10-17)11-18(20)12-14-7-8-15-4-2-5-16(15)9-14/h1,3,6-10H,2,4-5,11-12H2. The van der Waals surface area contributed by atoms with E-state index in [4.69, 9.17) is 0 Å². The third-order valence-electron chi connectivity index (χ3n) is 3.85. The van der Waals surface area contributed by atoms with Crippen molar-refractivity contribution < 1.29 is 9.18 Å². The zero-order valence-electron chi connectivity index (χ0n) is 11.4. The van der Waals surface area contributed by atoms with Crippen LogP contribution in [0.3, 0.4) is 0 Å². The minimum absolute atomic E-state index is 0.133. The third kappa shape index (κ3) is 2.96. The molecule has 0 saturated carbocycles. The number of hydrogen-bond donors (Lipinski definition) is 0. The Bertz CT molecular complexity index is 646. The molecule has 0 bridgehead atoms. The average molecular weight is 268 g/mol. The molecule has 0 atom stereocenters. The highest BCUT2D eigenvalue weighted by Gasteiger charge is 2.12. The van der Waals surface area contributed by atoms with Crippen LogP contribution in [0, 0.1) is 5.82 Å². The van der Waals surface area contributed by atoms with Gasteiger partial charge in [0.15, 0.2) is 0 Å². The lowest BCUT2D eigenvalue weighted by atomic mass is 9.99. The molecule has 3 rings (SSSR count). The molecule has 0 N–H and O–H groups in total. The van der Waals surface area contributed by atoms with Gasteiger partial charge in [-0.05, 0) is 53.6 Å². The number of Topliss-reactive ketones (excluding diaryl/α,β-unsaturated/α-hetero) is 1. The maximum Gasteiger partial charge on any atom is 0.141 e. The molecular weight excluding hydrogens is 251 g/mol. The van der Waals surface area contributed by atoms with Gasteiger partial charge in [0.05, 0.1) is 0 Å². The van der Waals surface area contributed by atoms with Gasteiger partial charge in [0.1, 0.15) is 11.6 Å². The van der Waals surface area contributed by atoms with Gasteiger partial charge in [0.2, 0.25) is 0 Å². The SMILES string of the molecule is O=C(Cc1cccc(F)c1)Cc1ccc2c(c1)CCC2. The molecule has 2 heteroatoms. The molecule has 0 spiro atoms. The molecule has 0 aliphatic heterocycles. The van der Waals surface area contributed by atoms with E-state index in [0.717, 1.165) is 24.0 Å². The summed E-state index contributed by atoms with van der Waals surface area (Å²) in [6, 6.07) is 12.6. The fourth-order valence-corrected chi connectivity index (χ4v) is 2.90. The Morgan fingerprint density at radius 3 is 2.50 bits per heavy atom. The van der Waals surface area contributed by atoms with Gasteiger partial charge in [-0.25, -0.2) is 4.39 Å². The predicted molar refractivity (Wildman–Crippen MR) is 77.3 cm³/mol. The summed E-state index contributed by atoms with van der Waals surface area (Å²) in [6.07, 6.45) is 4.24. The van der Waals surface area contributed by atoms with Crippen molar-refractivity contribution in [3.63, 3.8) is 0 Å². The van der Waals surface area contributed by atoms with Crippen LogP contribution in [0.2, 0.25) is 0 Å². The first-order valence-corrected chi connectivity index (χ1v) is 7.07. The van der Waals surface area contributed by atoms with Gasteiger partial charge < -0.3 is 0 Å². The van der Waals surface area contributed by atoms with E-state index < -0.39 is 0 Å². The first-order valence-electron chi connectivity index (χ1n) is 7.07. The first kappa shape index (κ1) is 13.0. The summed E-state index contributed by atoms with van der Waals surface area (Å²) in [5.41, 5.74) is 4.63. The van der Waals surface area contributed by atoms with Crippen LogP contribution in [-0.4, -0.2) is 5.78 Å². The normalized spacial score (nSPS) is 13.2. The van der Waals surface area contributed by atoms with Gasteiger partial charge >= 0.3 is 0 Å². The second-order valence-corrected chi connectivity index (χ2v) is 5.48. The number of carbonyl (C=O) groups excluding carboxylic acids is 1. The Morgan fingerprint density at radius 2 is 1.70 bits per heavy atom. The Balaban J connectivity index is 1.67. The molecule has 0 saturated heterocycles. The van der Waals surface area contributed by atoms with E-state index in [1.165, 1.54) is 29.7 Å². The number of carbonyl (C=O) groups is 1. The zero-order valence-corrected chi connectivity index (χ0v) is 11.4. The van der Waals surface area contributed by atoms with Crippen molar-refractivity contribution in [2.24, 2.45) is 0 Å². The van der Waals surface area contributed by atoms with Crippen LogP contribution in [0.15, 0.2) is 42.5 Å². The van der Waals surface area contributed by atoms with Crippen LogP contribution in [0.1, 0.15) is 28.7 Å². The van der Waals surface area contributed by atoms with Gasteiger partial charge in [0, 0.05) is 12.8 Å². The highest BCUT2D eigenvalue weighted by Crippen LogP contribution is 2.23. The summed E-state index contributed by atoms with van der Waals surface area (Å²) < 4.78 is 13.1. The molecule has 0 radical (unpaired) electrons. The van der Waals surface area contributed by atoms with Crippen molar-refractivity contribution in [2.45, 2.75) is 32.1 Å². The number of benzene rings is 2. The van der Waals surface area contributed by atoms with Gasteiger partial charge in [-0.1, -0.05) is 30.3 Å². The van der Waals surface area contributed by atoms with Crippen LogP contribution in [0.5, 0.6) is 0 Å². The van der Waals surface area contributed by atoms with Crippen LogP contribution < -0.4 is 0 Å². The number of rotatable bonds is 4. The Morgan fingerprint density at radius 1 is 0.950 bits per heavy atom. The molecule has 0 unspecified atom stereocenters. The number of fused-ring (bicyclic) bond motifs is 1. The van der Waals surface area contributed by atoms with E-state index in [9.17, 15) is 9.18 Å². The summed E-state index contributed by atoms with van der Waals surface area (Å²) in [4.78, 5) is 12.1. The number of halogens is 1. The predicted octanol–water partition coefficient (Wildman–Crippen LogP) is 3.67. The molecule has 0 aromatic heterocycles. The highest BCUT2D eigenvalue weighted by molar-refractivity contribution is 5.83. The molecule has 0 amide bonds. The molecule has 0 heterocycles. The summed E-state index contributed by atoms with van der Waals surface area (Å²) >= 11 is 0. The number of ketones is 1. The van der Waals surface area contributed by atoms with E-state index in [1.807, 2.05) is 6.07 Å². The van der Waals surface area contributed by atoms with Crippen molar-refractivity contribution in [3.8, 4) is 0 Å². The molecular formula is C18H17FO. The first-order chi connectivity index (χ1) is 9.70. The van der Waals surface area contributed by atoms with E-state index in [0.29, 0.717) is 12.8 Å². The fraction of sp³-hybridized carbons (Fsp3) is 0.278. The molecule has 1 aliphatic rings. The van der Waals surface area contributed by atoms with Crippen LogP contribution in [0.25, 0.3) is 0 Å². The average Bonchev–Trinajstić information content (AvgIpc) is 2.86. The Labute approximate surface area is 118 Å². The van der Waals surface area contributed by atoms with Crippen molar-refractivity contribution in [1.82, 2.24) is 0 Å². The summed E-state index contributed by atoms with van der Waals surface area (Å²) in [7, 11) is 0. The van der Waals surface area contributed by atoms with Crippen LogP contribution in [0.4, 0.5) is 4.39 Å². The van der Waals surface area contributed by atoms with Crippen LogP contribution in [-0.2, 0) is 30.5 Å². The van der Waals surface area contributed by atoms with Crippen molar-refractivity contribution >= 4 is 5.78 Å². The summed E-state index contributed by atoms with van der Waals surface area (Å²) in [6.45, 7) is 0. The molecule has 1 nitrogen and oxygen atoms in total. The topological polar surface area (TPSA) is 17.1 Å². The molecule has 2 aromatic carbocycles. The monoisotopic (exact) mass is 268 g/mol. The fourth-order valence-electron chi connectivity index (χ4n) is 2.90. The lowest BCUT2D eigenvalue weighted by Crippen LogP contribution is -2.07. The van der Waals surface area contributed by atoms with Gasteiger partial charge in [-0.15, -0.1) is 0 Å². The maximum atomic E-state index is 13.1. The second-order valence-electron chi connectivity index (χ2n) is 5.48. The molecule has 2 aromatic rings. The Hall–Kier alpha value is -1.96. The number of aryl methyl sites for hydroxylation is 2. The lowest BCUT2D eigenvalue weighted by Gasteiger charge is -2.05. The van der Waals surface area contributed by atoms with E-state index >= 15 is 0 Å². The summed E-state index contributed by atoms with van der Waals surface area (Å²) in [5, 5.41) is 0. The minimum atomic E-state index is -0.284. The Kier molecular flexibility index (Phi) is 3.64. The van der Waals surface area contributed by atoms with E-state index in [-0.39, 0.29) is 11.6 Å². The number of hydrogen-bond acceptors (Lipinski definition) is 1. The zero-order chi connectivity index (χ0) is 13.9. The van der Waals surface area contributed by atoms with Crippen molar-refractivity contribution in [1.29, 1.82) is 0 Å². The second kappa shape index (κ2) is 5.58. The van der Waals surface area contributed by atoms with Crippen molar-refractivity contribution in [2.75, 3.05) is 0 Å². The smallest absolute Gasteiger partial charge is 0.141 e. The third-order valence-corrected chi connectivity index (χ3v) is 3.85. The van der Waals surface area contributed by atoms with Gasteiger partial charge in [-0.2, -0.15) is 0 Å². The van der Waals surface area contributed by atoms with E-state index in [1.54, 1.807) is 12.1 Å². The maximum absolute atomic E-state index is 13.1.